The Morgan fingerprint density at radius 3 is 2.68 bits per heavy atom. The maximum absolute atomic E-state index is 12.4. The molecule has 0 fully saturated rings. The highest BCUT2D eigenvalue weighted by molar-refractivity contribution is 7.89. The number of aromatic nitrogens is 2. The number of para-hydroxylation sites is 1. The summed E-state index contributed by atoms with van der Waals surface area (Å²) in [4.78, 5) is 12.2. The molecule has 0 aliphatic heterocycles. The number of sulfonamides is 1. The zero-order valence-corrected chi connectivity index (χ0v) is 16.4. The van der Waals surface area contributed by atoms with Crippen molar-refractivity contribution in [3.05, 3.63) is 65.4 Å². The second-order valence-electron chi connectivity index (χ2n) is 5.87. The largest absolute Gasteiger partial charge is 0.496 e. The molecule has 28 heavy (non-hydrogen) atoms. The van der Waals surface area contributed by atoms with Gasteiger partial charge in [-0.2, -0.15) is 5.10 Å². The third kappa shape index (κ3) is 4.50. The van der Waals surface area contributed by atoms with Gasteiger partial charge in [0.05, 0.1) is 30.4 Å². The molecule has 0 radical (unpaired) electrons. The van der Waals surface area contributed by atoms with Crippen LogP contribution in [0.1, 0.15) is 5.56 Å². The summed E-state index contributed by atoms with van der Waals surface area (Å²) in [5, 5.41) is 12.3. The van der Waals surface area contributed by atoms with Gasteiger partial charge in [-0.1, -0.05) is 29.8 Å². The Labute approximate surface area is 166 Å². The van der Waals surface area contributed by atoms with Gasteiger partial charge in [0, 0.05) is 17.4 Å². The summed E-state index contributed by atoms with van der Waals surface area (Å²) in [7, 11) is -2.55. The Balaban J connectivity index is 1.88. The molecule has 0 bridgehead atoms. The van der Waals surface area contributed by atoms with Crippen molar-refractivity contribution < 1.29 is 17.9 Å². The fourth-order valence-electron chi connectivity index (χ4n) is 2.67. The Morgan fingerprint density at radius 1 is 1.29 bits per heavy atom. The van der Waals surface area contributed by atoms with E-state index in [1.165, 1.54) is 36.3 Å². The van der Waals surface area contributed by atoms with Gasteiger partial charge in [0.25, 0.3) is 0 Å². The van der Waals surface area contributed by atoms with E-state index < -0.39 is 10.0 Å². The molecule has 0 saturated carbocycles. The lowest BCUT2D eigenvalue weighted by Crippen LogP contribution is -2.18. The van der Waals surface area contributed by atoms with E-state index in [9.17, 15) is 13.2 Å². The van der Waals surface area contributed by atoms with Gasteiger partial charge < -0.3 is 10.1 Å². The van der Waals surface area contributed by atoms with Gasteiger partial charge >= 0.3 is 0 Å². The van der Waals surface area contributed by atoms with Gasteiger partial charge in [-0.3, -0.25) is 4.79 Å². The molecule has 1 aromatic heterocycles. The number of hydrogen-bond acceptors (Lipinski definition) is 5. The summed E-state index contributed by atoms with van der Waals surface area (Å²) >= 11 is 5.85. The highest BCUT2D eigenvalue weighted by atomic mass is 35.5. The summed E-state index contributed by atoms with van der Waals surface area (Å²) in [6.45, 7) is 0. The van der Waals surface area contributed by atoms with Crippen LogP contribution in [0.5, 0.6) is 5.75 Å². The summed E-state index contributed by atoms with van der Waals surface area (Å²) < 4.78 is 30.6. The van der Waals surface area contributed by atoms with Crippen molar-refractivity contribution in [3.8, 4) is 11.4 Å². The van der Waals surface area contributed by atoms with E-state index >= 15 is 0 Å². The fraction of sp³-hybridized carbons (Fsp3) is 0.111. The number of primary sulfonamides is 1. The van der Waals surface area contributed by atoms with Crippen LogP contribution >= 0.6 is 11.6 Å². The minimum atomic E-state index is -4.08. The number of methoxy groups -OCH3 is 1. The lowest BCUT2D eigenvalue weighted by Gasteiger charge is -2.12. The quantitative estimate of drug-likeness (QED) is 0.635. The number of rotatable bonds is 6. The molecule has 0 aliphatic carbocycles. The van der Waals surface area contributed by atoms with Crippen LogP contribution in [-0.4, -0.2) is 31.2 Å². The van der Waals surface area contributed by atoms with Crippen LogP contribution in [0.4, 0.5) is 5.69 Å². The molecule has 1 heterocycles. The van der Waals surface area contributed by atoms with Gasteiger partial charge in [0.2, 0.25) is 15.9 Å². The number of anilines is 1. The number of nitrogens with zero attached hydrogens (tertiary/aromatic N) is 2. The van der Waals surface area contributed by atoms with Crippen LogP contribution in [0.15, 0.2) is 59.8 Å². The lowest BCUT2D eigenvalue weighted by atomic mass is 10.1. The van der Waals surface area contributed by atoms with Crippen molar-refractivity contribution in [1.29, 1.82) is 0 Å². The van der Waals surface area contributed by atoms with Gasteiger partial charge in [0.15, 0.2) is 0 Å². The number of ether oxygens (including phenoxy) is 1. The molecule has 2 aromatic carbocycles. The number of benzene rings is 2. The third-order valence-corrected chi connectivity index (χ3v) is 5.03. The molecule has 0 atom stereocenters. The zero-order chi connectivity index (χ0) is 20.3. The predicted molar refractivity (Wildman–Crippen MR) is 105 cm³/mol. The molecule has 0 spiro atoms. The topological polar surface area (TPSA) is 116 Å². The Hall–Kier alpha value is -2.88. The first-order chi connectivity index (χ1) is 13.3. The van der Waals surface area contributed by atoms with Crippen LogP contribution in [0.25, 0.3) is 5.69 Å². The first-order valence-electron chi connectivity index (χ1n) is 8.07. The summed E-state index contributed by atoms with van der Waals surface area (Å²) in [6, 6.07) is 11.5. The second kappa shape index (κ2) is 8.01. The number of hydrogen-bond donors (Lipinski definition) is 2. The predicted octanol–water partition coefficient (Wildman–Crippen LogP) is 2.36. The van der Waals surface area contributed by atoms with Crippen molar-refractivity contribution in [2.75, 3.05) is 12.4 Å². The van der Waals surface area contributed by atoms with Gasteiger partial charge in [-0.25, -0.2) is 18.2 Å². The van der Waals surface area contributed by atoms with Crippen molar-refractivity contribution in [3.63, 3.8) is 0 Å². The van der Waals surface area contributed by atoms with E-state index in [-0.39, 0.29) is 28.6 Å². The van der Waals surface area contributed by atoms with E-state index in [4.69, 9.17) is 21.5 Å². The van der Waals surface area contributed by atoms with Gasteiger partial charge in [-0.05, 0) is 24.3 Å². The molecular weight excluding hydrogens is 404 g/mol. The monoisotopic (exact) mass is 420 g/mol. The zero-order valence-electron chi connectivity index (χ0n) is 14.8. The van der Waals surface area contributed by atoms with Gasteiger partial charge in [-0.15, -0.1) is 0 Å². The van der Waals surface area contributed by atoms with Crippen LogP contribution in [0.2, 0.25) is 5.02 Å². The molecule has 3 aromatic rings. The van der Waals surface area contributed by atoms with Crippen molar-refractivity contribution in [2.45, 2.75) is 11.3 Å². The minimum Gasteiger partial charge on any atom is -0.496 e. The van der Waals surface area contributed by atoms with Gasteiger partial charge in [0.1, 0.15) is 10.6 Å². The van der Waals surface area contributed by atoms with E-state index in [1.54, 1.807) is 30.3 Å². The molecule has 0 unspecified atom stereocenters. The summed E-state index contributed by atoms with van der Waals surface area (Å²) in [5.74, 6) is 0.258. The normalized spacial score (nSPS) is 11.2. The average Bonchev–Trinajstić information content (AvgIpc) is 3.07. The molecule has 0 saturated heterocycles. The molecule has 1 amide bonds. The maximum atomic E-state index is 12.4. The number of amides is 1. The van der Waals surface area contributed by atoms with E-state index in [0.29, 0.717) is 16.3 Å². The molecule has 3 N–H and O–H groups in total. The third-order valence-electron chi connectivity index (χ3n) is 3.89. The molecule has 8 nitrogen and oxygen atoms in total. The summed E-state index contributed by atoms with van der Waals surface area (Å²) in [6.07, 6.45) is 2.88. The SMILES string of the molecule is COc1ccccc1CC(=O)Nc1ccc(-n2cc(Cl)cn2)c(S(N)(=O)=O)c1. The van der Waals surface area contributed by atoms with Crippen molar-refractivity contribution >= 4 is 33.2 Å². The second-order valence-corrected chi connectivity index (χ2v) is 7.83. The van der Waals surface area contributed by atoms with Crippen LogP contribution < -0.4 is 15.2 Å². The first kappa shape index (κ1) is 19.9. The van der Waals surface area contributed by atoms with Crippen LogP contribution in [0.3, 0.4) is 0 Å². The molecule has 10 heteroatoms. The average molecular weight is 421 g/mol. The highest BCUT2D eigenvalue weighted by Crippen LogP contribution is 2.24. The Morgan fingerprint density at radius 2 is 2.04 bits per heavy atom. The number of halogens is 1. The Kier molecular flexibility index (Phi) is 5.68. The van der Waals surface area contributed by atoms with Crippen molar-refractivity contribution in [2.24, 2.45) is 5.14 Å². The number of nitrogens with two attached hydrogens (primary N) is 1. The van der Waals surface area contributed by atoms with E-state index in [0.717, 1.165) is 0 Å². The van der Waals surface area contributed by atoms with Crippen LogP contribution in [-0.2, 0) is 21.2 Å². The molecule has 146 valence electrons. The van der Waals surface area contributed by atoms with Crippen LogP contribution in [0, 0.1) is 0 Å². The number of carbonyl (C=O) groups is 1. The minimum absolute atomic E-state index is 0.0608. The number of nitrogens with one attached hydrogen (secondary N) is 1. The standard InChI is InChI=1S/C18H17ClN4O4S/c1-27-16-5-3-2-4-12(16)8-18(24)22-14-6-7-15(17(9-14)28(20,25)26)23-11-13(19)10-21-23/h2-7,9-11H,8H2,1H3,(H,22,24)(H2,20,25,26). The molecule has 0 aliphatic rings. The smallest absolute Gasteiger partial charge is 0.240 e. The first-order valence-corrected chi connectivity index (χ1v) is 9.99. The molecular formula is C18H17ClN4O4S. The Bertz CT molecular complexity index is 1130. The highest BCUT2D eigenvalue weighted by Gasteiger charge is 2.18. The molecule has 3 rings (SSSR count). The van der Waals surface area contributed by atoms with Crippen molar-refractivity contribution in [1.82, 2.24) is 9.78 Å². The lowest BCUT2D eigenvalue weighted by molar-refractivity contribution is -0.115. The number of carbonyl (C=O) groups excluding carboxylic acids is 1. The maximum Gasteiger partial charge on any atom is 0.240 e. The summed E-state index contributed by atoms with van der Waals surface area (Å²) in [5.41, 5.74) is 1.21. The fourth-order valence-corrected chi connectivity index (χ4v) is 3.55. The van der Waals surface area contributed by atoms with E-state index in [1.807, 2.05) is 0 Å². The van der Waals surface area contributed by atoms with E-state index in [2.05, 4.69) is 10.4 Å².